The molecule has 0 radical (unpaired) electrons. The van der Waals surface area contributed by atoms with E-state index >= 15 is 0 Å². The summed E-state index contributed by atoms with van der Waals surface area (Å²) >= 11 is 0. The van der Waals surface area contributed by atoms with Crippen molar-refractivity contribution in [1.29, 1.82) is 0 Å². The quantitative estimate of drug-likeness (QED) is 0.158. The smallest absolute Gasteiger partial charge is 0.252 e. The maximum Gasteiger partial charge on any atom is 0.252 e. The minimum atomic E-state index is -0.468. The molecule has 2 aromatic heterocycles. The molecular formula is C53H33BN2. The van der Waals surface area contributed by atoms with E-state index in [1.807, 2.05) is 0 Å². The minimum absolute atomic E-state index is 0.0732. The first-order chi connectivity index (χ1) is 27.7. The van der Waals surface area contributed by atoms with E-state index in [1.165, 1.54) is 127 Å². The molecule has 56 heavy (non-hydrogen) atoms. The molecule has 0 saturated heterocycles. The maximum atomic E-state index is 2.73. The van der Waals surface area contributed by atoms with Crippen LogP contribution in [-0.4, -0.2) is 15.8 Å². The number of nitrogens with zero attached hydrogens (tertiary/aromatic N) is 2. The van der Waals surface area contributed by atoms with Gasteiger partial charge in [0.1, 0.15) is 0 Å². The summed E-state index contributed by atoms with van der Waals surface area (Å²) < 4.78 is 5.37. The molecule has 3 aliphatic heterocycles. The van der Waals surface area contributed by atoms with Gasteiger partial charge in [-0.2, -0.15) is 0 Å². The van der Waals surface area contributed by atoms with Crippen molar-refractivity contribution in [3.63, 3.8) is 0 Å². The van der Waals surface area contributed by atoms with Crippen molar-refractivity contribution in [3.05, 3.63) is 197 Å². The molecule has 8 aromatic carbocycles. The molecule has 0 amide bonds. The molecule has 1 spiro atoms. The fourth-order valence-electron chi connectivity index (χ4n) is 12.0. The van der Waals surface area contributed by atoms with E-state index < -0.39 is 5.41 Å². The number of fused-ring (bicyclic) bond motifs is 11. The molecule has 14 rings (SSSR count). The molecule has 0 atom stereocenters. The lowest BCUT2D eigenvalue weighted by Crippen LogP contribution is -2.60. The number of hydrogen-bond donors (Lipinski definition) is 0. The Morgan fingerprint density at radius 1 is 0.446 bits per heavy atom. The van der Waals surface area contributed by atoms with Gasteiger partial charge in [-0.3, -0.25) is 0 Å². The number of hydrogen-bond acceptors (Lipinski definition) is 0. The van der Waals surface area contributed by atoms with Gasteiger partial charge in [0.15, 0.2) is 0 Å². The topological polar surface area (TPSA) is 9.86 Å². The summed E-state index contributed by atoms with van der Waals surface area (Å²) in [5.41, 5.74) is 26.4. The number of rotatable bonds is 2. The Balaban J connectivity index is 1.25. The number of benzene rings is 8. The van der Waals surface area contributed by atoms with Crippen LogP contribution in [0.4, 0.5) is 0 Å². The minimum Gasteiger partial charge on any atom is -0.310 e. The highest BCUT2D eigenvalue weighted by atomic mass is 15.1. The zero-order valence-electron chi connectivity index (χ0n) is 31.1. The van der Waals surface area contributed by atoms with Crippen LogP contribution >= 0.6 is 0 Å². The van der Waals surface area contributed by atoms with Gasteiger partial charge in [0.2, 0.25) is 0 Å². The van der Waals surface area contributed by atoms with Crippen molar-refractivity contribution in [2.24, 2.45) is 0 Å². The van der Waals surface area contributed by atoms with Gasteiger partial charge in [-0.15, -0.1) is 0 Å². The predicted molar refractivity (Wildman–Crippen MR) is 233 cm³/mol. The van der Waals surface area contributed by atoms with Crippen molar-refractivity contribution < 1.29 is 0 Å². The Labute approximate surface area is 325 Å². The van der Waals surface area contributed by atoms with Crippen molar-refractivity contribution >= 4 is 55.8 Å². The molecule has 0 N–H and O–H groups in total. The van der Waals surface area contributed by atoms with Gasteiger partial charge in [0, 0.05) is 44.1 Å². The molecule has 258 valence electrons. The second-order valence-electron chi connectivity index (χ2n) is 16.4. The first-order valence-electron chi connectivity index (χ1n) is 19.9. The average Bonchev–Trinajstić information content (AvgIpc) is 3.90. The summed E-state index contributed by atoms with van der Waals surface area (Å²) in [5.74, 6) is 0. The fraction of sp³-hybridized carbons (Fsp3) is 0.0566. The standard InChI is InChI=1S/C53H33BN2/c1-30-24-26-39-50-44(30)45-31(2)25-28-42-52(45)56(50)51-40(53(39)37-21-11-9-18-34(37)35-19-10-12-22-38(35)53)27-29-43-47(51)54(42)41-23-13-20-36-46(32-14-5-3-6-15-32)48(55(43)49(36)41)33-16-7-4-8-17-33/h3-29H,1-2H3. The van der Waals surface area contributed by atoms with Crippen molar-refractivity contribution in [3.8, 4) is 44.9 Å². The highest BCUT2D eigenvalue weighted by molar-refractivity contribution is 7.00. The normalized spacial score (nSPS) is 14.4. The monoisotopic (exact) mass is 708 g/mol. The second-order valence-corrected chi connectivity index (χ2v) is 16.4. The first-order valence-corrected chi connectivity index (χ1v) is 19.9. The van der Waals surface area contributed by atoms with Gasteiger partial charge in [-0.05, 0) is 91.9 Å². The van der Waals surface area contributed by atoms with E-state index in [-0.39, 0.29) is 6.71 Å². The van der Waals surface area contributed by atoms with Gasteiger partial charge in [-0.25, -0.2) is 0 Å². The maximum absolute atomic E-state index is 2.73. The highest BCUT2D eigenvalue weighted by Crippen LogP contribution is 2.62. The molecule has 4 aliphatic rings. The summed E-state index contributed by atoms with van der Waals surface area (Å²) in [6.45, 7) is 4.71. The van der Waals surface area contributed by atoms with Crippen molar-refractivity contribution in [2.75, 3.05) is 0 Å². The number of aromatic nitrogens is 2. The van der Waals surface area contributed by atoms with E-state index in [0.29, 0.717) is 0 Å². The summed E-state index contributed by atoms with van der Waals surface area (Å²) in [7, 11) is 0. The van der Waals surface area contributed by atoms with Gasteiger partial charge in [0.05, 0.1) is 16.6 Å². The molecule has 0 bridgehead atoms. The average molecular weight is 709 g/mol. The third-order valence-corrected chi connectivity index (χ3v) is 14.0. The summed E-state index contributed by atoms with van der Waals surface area (Å²) in [4.78, 5) is 0. The molecule has 10 aromatic rings. The van der Waals surface area contributed by atoms with E-state index in [0.717, 1.165) is 0 Å². The number of aryl methyl sites for hydroxylation is 2. The van der Waals surface area contributed by atoms with Crippen LogP contribution in [0, 0.1) is 13.8 Å². The van der Waals surface area contributed by atoms with Gasteiger partial charge in [-0.1, -0.05) is 158 Å². The van der Waals surface area contributed by atoms with E-state index in [9.17, 15) is 0 Å². The largest absolute Gasteiger partial charge is 0.310 e. The fourth-order valence-corrected chi connectivity index (χ4v) is 12.0. The summed E-state index contributed by atoms with van der Waals surface area (Å²) in [5, 5.41) is 4.10. The van der Waals surface area contributed by atoms with Crippen LogP contribution in [0.15, 0.2) is 164 Å². The summed E-state index contributed by atoms with van der Waals surface area (Å²) in [6, 6.07) is 62.4. The molecular weight excluding hydrogens is 675 g/mol. The van der Waals surface area contributed by atoms with Gasteiger partial charge < -0.3 is 9.13 Å². The van der Waals surface area contributed by atoms with Crippen LogP contribution in [0.2, 0.25) is 0 Å². The molecule has 0 fully saturated rings. The van der Waals surface area contributed by atoms with E-state index in [1.54, 1.807) is 0 Å². The zero-order chi connectivity index (χ0) is 36.6. The summed E-state index contributed by atoms with van der Waals surface area (Å²) in [6.07, 6.45) is 0. The van der Waals surface area contributed by atoms with Crippen LogP contribution in [0.3, 0.4) is 0 Å². The van der Waals surface area contributed by atoms with Crippen LogP contribution in [0.25, 0.3) is 77.6 Å². The Morgan fingerprint density at radius 2 is 1.05 bits per heavy atom. The Morgan fingerprint density at radius 3 is 1.79 bits per heavy atom. The van der Waals surface area contributed by atoms with E-state index in [2.05, 4.69) is 187 Å². The molecule has 2 nitrogen and oxygen atoms in total. The van der Waals surface area contributed by atoms with Crippen LogP contribution in [-0.2, 0) is 5.41 Å². The lowest BCUT2D eigenvalue weighted by atomic mass is 9.33. The van der Waals surface area contributed by atoms with Crippen molar-refractivity contribution in [2.45, 2.75) is 19.3 Å². The van der Waals surface area contributed by atoms with Crippen LogP contribution in [0.1, 0.15) is 33.4 Å². The molecule has 3 heteroatoms. The zero-order valence-corrected chi connectivity index (χ0v) is 31.1. The Bertz CT molecular complexity index is 3390. The molecule has 0 unspecified atom stereocenters. The van der Waals surface area contributed by atoms with Gasteiger partial charge in [0.25, 0.3) is 6.71 Å². The molecule has 5 heterocycles. The van der Waals surface area contributed by atoms with E-state index in [4.69, 9.17) is 0 Å². The lowest BCUT2D eigenvalue weighted by Gasteiger charge is -2.44. The predicted octanol–water partition coefficient (Wildman–Crippen LogP) is 10.5. The van der Waals surface area contributed by atoms with Crippen LogP contribution in [0.5, 0.6) is 0 Å². The third-order valence-electron chi connectivity index (χ3n) is 14.0. The SMILES string of the molecule is Cc1ccc2c3c1c1c(C)ccc4c1n3-c1c(ccc3c1B2c1cccc2c(-c5ccccc5)c(-c5ccccc5)n-3c12)C41c2ccccc2-c2ccccc21. The third kappa shape index (κ3) is 3.10. The second kappa shape index (κ2) is 9.87. The Hall–Kier alpha value is -6.84. The molecule has 1 aliphatic carbocycles. The lowest BCUT2D eigenvalue weighted by molar-refractivity contribution is 0.749. The highest BCUT2D eigenvalue weighted by Gasteiger charge is 2.54. The van der Waals surface area contributed by atoms with Gasteiger partial charge >= 0.3 is 0 Å². The van der Waals surface area contributed by atoms with Crippen molar-refractivity contribution in [1.82, 2.24) is 9.13 Å². The Kier molecular flexibility index (Phi) is 5.20. The molecule has 0 saturated carbocycles. The number of para-hydroxylation sites is 1. The first kappa shape index (κ1) is 29.5. The van der Waals surface area contributed by atoms with Crippen LogP contribution < -0.4 is 16.4 Å².